The van der Waals surface area contributed by atoms with Gasteiger partial charge in [-0.15, -0.1) is 11.8 Å². The fourth-order valence-corrected chi connectivity index (χ4v) is 10.1. The van der Waals surface area contributed by atoms with E-state index in [9.17, 15) is 19.2 Å². The predicted octanol–water partition coefficient (Wildman–Crippen LogP) is 3.90. The highest BCUT2D eigenvalue weighted by atomic mass is 32.2. The van der Waals surface area contributed by atoms with Crippen LogP contribution in [0.4, 0.5) is 5.69 Å². The van der Waals surface area contributed by atoms with Crippen molar-refractivity contribution in [3.8, 4) is 0 Å². The summed E-state index contributed by atoms with van der Waals surface area (Å²) in [4.78, 5) is 57.0. The number of thioether (sulfide) groups is 1. The van der Waals surface area contributed by atoms with Gasteiger partial charge in [-0.3, -0.25) is 19.3 Å². The van der Waals surface area contributed by atoms with Crippen molar-refractivity contribution in [2.24, 2.45) is 29.6 Å². The largest absolute Gasteiger partial charge is 0.465 e. The normalized spacial score (nSPS) is 31.8. The number of fused-ring (bicyclic) bond motifs is 9. The lowest BCUT2D eigenvalue weighted by Gasteiger charge is -2.43. The topological polar surface area (TPSA) is 96.5 Å². The van der Waals surface area contributed by atoms with Crippen molar-refractivity contribution in [3.63, 3.8) is 0 Å². The van der Waals surface area contributed by atoms with Crippen molar-refractivity contribution in [2.75, 3.05) is 12.0 Å². The van der Waals surface area contributed by atoms with Gasteiger partial charge in [0, 0.05) is 16.0 Å². The molecule has 3 aromatic rings. The molecule has 4 aliphatic rings. The summed E-state index contributed by atoms with van der Waals surface area (Å²) in [6.07, 6.45) is 0.854. The van der Waals surface area contributed by atoms with E-state index in [1.54, 1.807) is 36.0 Å². The maximum absolute atomic E-state index is 13.8. The molecular weight excluding hydrogens is 496 g/mol. The number of imide groups is 1. The number of carbonyl (C=O) groups is 3. The molecule has 9 heteroatoms. The van der Waals surface area contributed by atoms with Gasteiger partial charge in [0.25, 0.3) is 0 Å². The lowest BCUT2D eigenvalue weighted by molar-refractivity contribution is -0.123. The number of ether oxygens (including phenoxy) is 1. The van der Waals surface area contributed by atoms with Crippen LogP contribution in [-0.2, 0) is 14.3 Å². The van der Waals surface area contributed by atoms with Crippen LogP contribution in [0.3, 0.4) is 0 Å². The van der Waals surface area contributed by atoms with Gasteiger partial charge < -0.3 is 9.72 Å². The number of carbonyl (C=O) groups excluding carboxylic acids is 3. The third-order valence-corrected chi connectivity index (χ3v) is 11.0. The molecular formula is C27H22N2O5S2. The number of hydrogen-bond donors (Lipinski definition) is 1. The lowest BCUT2D eigenvalue weighted by Crippen LogP contribution is -2.42. The van der Waals surface area contributed by atoms with Gasteiger partial charge >= 0.3 is 10.8 Å². The van der Waals surface area contributed by atoms with Gasteiger partial charge in [-0.05, 0) is 54.0 Å². The van der Waals surface area contributed by atoms with Crippen LogP contribution in [0.5, 0.6) is 0 Å². The summed E-state index contributed by atoms with van der Waals surface area (Å²) in [5.41, 5.74) is 2.01. The Morgan fingerprint density at radius 2 is 1.67 bits per heavy atom. The number of esters is 1. The smallest absolute Gasteiger partial charge is 0.337 e. The second kappa shape index (κ2) is 7.91. The third kappa shape index (κ3) is 2.93. The van der Waals surface area contributed by atoms with Gasteiger partial charge in [-0.25, -0.2) is 4.79 Å². The minimum Gasteiger partial charge on any atom is -0.465 e. The molecule has 36 heavy (non-hydrogen) atoms. The summed E-state index contributed by atoms with van der Waals surface area (Å²) in [5, 5.41) is 1.08. The van der Waals surface area contributed by atoms with Crippen LogP contribution in [0.25, 0.3) is 0 Å². The second-order valence-corrected chi connectivity index (χ2v) is 12.1. The summed E-state index contributed by atoms with van der Waals surface area (Å²) >= 11 is 2.96. The van der Waals surface area contributed by atoms with Gasteiger partial charge in [0.15, 0.2) is 0 Å². The molecule has 0 spiro atoms. The van der Waals surface area contributed by atoms with Crippen molar-refractivity contribution in [1.29, 1.82) is 0 Å². The second-order valence-electron chi connectivity index (χ2n) is 9.92. The summed E-state index contributed by atoms with van der Waals surface area (Å²) < 4.78 is 4.76. The van der Waals surface area contributed by atoms with E-state index in [0.717, 1.165) is 21.9 Å². The zero-order chi connectivity index (χ0) is 24.7. The van der Waals surface area contributed by atoms with Gasteiger partial charge in [0.2, 0.25) is 11.8 Å². The minimum absolute atomic E-state index is 0.0311. The zero-order valence-corrected chi connectivity index (χ0v) is 20.9. The van der Waals surface area contributed by atoms with E-state index in [1.165, 1.54) is 23.3 Å². The molecule has 0 unspecified atom stereocenters. The van der Waals surface area contributed by atoms with Crippen LogP contribution < -0.4 is 9.77 Å². The predicted molar refractivity (Wildman–Crippen MR) is 135 cm³/mol. The standard InChI is InChI=1S/C27H22N2O5S2/c1-34-26(32)13-7-9-14(10-8-13)29-24(30)19-15-11-16(20(19)25(29)31)21-18(15)17(12-5-3-2-4-6-12)22-23(35-21)28-27(33)36-22/h2-10,15-21H,11H2,1H3,(H,28,33)/t15-,16-,17-,18-,19+,20-,21-/m0/s1. The Balaban J connectivity index is 1.27. The molecule has 2 amide bonds. The van der Waals surface area contributed by atoms with Gasteiger partial charge in [0.1, 0.15) is 0 Å². The molecule has 182 valence electrons. The summed E-state index contributed by atoms with van der Waals surface area (Å²) in [5.74, 6) is -1.10. The van der Waals surface area contributed by atoms with Crippen LogP contribution in [0, 0.1) is 29.6 Å². The molecule has 3 heterocycles. The van der Waals surface area contributed by atoms with Crippen LogP contribution in [0.15, 0.2) is 64.4 Å². The molecule has 3 fully saturated rings. The van der Waals surface area contributed by atoms with Gasteiger partial charge in [-0.1, -0.05) is 41.7 Å². The first kappa shape index (κ1) is 22.1. The molecule has 1 saturated heterocycles. The van der Waals surface area contributed by atoms with Crippen molar-refractivity contribution in [1.82, 2.24) is 4.98 Å². The highest BCUT2D eigenvalue weighted by Gasteiger charge is 2.69. The van der Waals surface area contributed by atoms with Crippen LogP contribution in [0.1, 0.15) is 33.1 Å². The molecule has 2 aromatic carbocycles. The lowest BCUT2D eigenvalue weighted by atomic mass is 9.68. The Morgan fingerprint density at radius 1 is 0.972 bits per heavy atom. The number of rotatable bonds is 3. The van der Waals surface area contributed by atoms with Crippen molar-refractivity contribution >= 4 is 46.6 Å². The molecule has 7 nitrogen and oxygen atoms in total. The maximum Gasteiger partial charge on any atom is 0.337 e. The molecule has 7 atom stereocenters. The van der Waals surface area contributed by atoms with E-state index in [-0.39, 0.29) is 57.4 Å². The number of aromatic amines is 1. The number of anilines is 1. The Morgan fingerprint density at radius 3 is 2.36 bits per heavy atom. The number of methoxy groups -OCH3 is 1. The molecule has 2 bridgehead atoms. The quantitative estimate of drug-likeness (QED) is 0.417. The van der Waals surface area contributed by atoms with E-state index >= 15 is 0 Å². The first-order valence-electron chi connectivity index (χ1n) is 12.0. The van der Waals surface area contributed by atoms with E-state index in [2.05, 4.69) is 17.1 Å². The third-order valence-electron chi connectivity index (χ3n) is 8.43. The Kier molecular flexibility index (Phi) is 4.85. The molecule has 2 saturated carbocycles. The number of benzene rings is 2. The first-order chi connectivity index (χ1) is 17.5. The molecule has 7 rings (SSSR count). The fourth-order valence-electron chi connectivity index (χ4n) is 7.17. The number of thiazole rings is 1. The highest BCUT2D eigenvalue weighted by Crippen LogP contribution is 2.68. The SMILES string of the molecule is COC(=O)c1ccc(N2C(=O)[C@@H]3[C@H]4C[C@H]([C@@H]5Sc6[nH]c(=O)sc6[C@@H](c6ccccc6)[C@H]45)[C@@H]3C2=O)cc1. The zero-order valence-electron chi connectivity index (χ0n) is 19.2. The van der Waals surface area contributed by atoms with E-state index in [4.69, 9.17) is 4.74 Å². The number of aromatic nitrogens is 1. The average Bonchev–Trinajstić information content (AvgIpc) is 3.63. The van der Waals surface area contributed by atoms with Gasteiger partial charge in [0.05, 0.1) is 35.2 Å². The molecule has 2 aliphatic heterocycles. The number of hydrogen-bond acceptors (Lipinski definition) is 7. The molecule has 1 aromatic heterocycles. The maximum atomic E-state index is 13.8. The van der Waals surface area contributed by atoms with E-state index in [0.29, 0.717) is 11.3 Å². The monoisotopic (exact) mass is 518 g/mol. The van der Waals surface area contributed by atoms with Crippen LogP contribution in [0.2, 0.25) is 0 Å². The van der Waals surface area contributed by atoms with E-state index in [1.807, 2.05) is 18.2 Å². The summed E-state index contributed by atoms with van der Waals surface area (Å²) in [6, 6.07) is 16.7. The molecule has 2 aliphatic carbocycles. The fraction of sp³-hybridized carbons (Fsp3) is 0.333. The van der Waals surface area contributed by atoms with Crippen molar-refractivity contribution in [2.45, 2.75) is 22.6 Å². The Bertz CT molecular complexity index is 1460. The van der Waals surface area contributed by atoms with Crippen molar-refractivity contribution in [3.05, 3.63) is 80.3 Å². The number of H-pyrrole nitrogens is 1. The molecule has 1 N–H and O–H groups in total. The number of nitrogens with one attached hydrogen (secondary N) is 1. The number of nitrogens with zero attached hydrogens (tertiary/aromatic N) is 1. The van der Waals surface area contributed by atoms with E-state index < -0.39 is 5.97 Å². The Labute approximate surface area is 214 Å². The highest BCUT2D eigenvalue weighted by molar-refractivity contribution is 8.00. The first-order valence-corrected chi connectivity index (χ1v) is 13.7. The number of amides is 2. The van der Waals surface area contributed by atoms with Crippen LogP contribution in [-0.4, -0.2) is 35.1 Å². The summed E-state index contributed by atoms with van der Waals surface area (Å²) in [6.45, 7) is 0. The molecule has 0 radical (unpaired) electrons. The Hall–Kier alpha value is -3.17. The average molecular weight is 519 g/mol. The van der Waals surface area contributed by atoms with Crippen LogP contribution >= 0.6 is 23.1 Å². The minimum atomic E-state index is -0.464. The summed E-state index contributed by atoms with van der Waals surface area (Å²) in [7, 11) is 1.32. The van der Waals surface area contributed by atoms with Gasteiger partial charge in [-0.2, -0.15) is 0 Å². The van der Waals surface area contributed by atoms with Crippen molar-refractivity contribution < 1.29 is 19.1 Å².